The number of hydrogen-bond acceptors (Lipinski definition) is 4. The molecule has 2 nitrogen and oxygen atoms in total. The summed E-state index contributed by atoms with van der Waals surface area (Å²) < 4.78 is 13.2. The molecule has 2 N–H and O–H groups in total. The van der Waals surface area contributed by atoms with E-state index in [-0.39, 0.29) is 17.3 Å². The van der Waals surface area contributed by atoms with E-state index in [1.54, 1.807) is 35.2 Å². The third-order valence-electron chi connectivity index (χ3n) is 3.69. The zero-order chi connectivity index (χ0) is 15.0. The van der Waals surface area contributed by atoms with E-state index in [1.165, 1.54) is 16.6 Å². The van der Waals surface area contributed by atoms with Crippen molar-refractivity contribution in [1.29, 1.82) is 0 Å². The zero-order valence-corrected chi connectivity index (χ0v) is 13.9. The number of rotatable bonds is 3. The van der Waals surface area contributed by atoms with E-state index in [9.17, 15) is 4.39 Å². The van der Waals surface area contributed by atoms with Crippen molar-refractivity contribution in [2.45, 2.75) is 43.4 Å². The van der Waals surface area contributed by atoms with Crippen molar-refractivity contribution in [1.82, 2.24) is 4.98 Å². The quantitative estimate of drug-likeness (QED) is 0.843. The van der Waals surface area contributed by atoms with Gasteiger partial charge in [-0.1, -0.05) is 19.9 Å². The molecule has 0 fully saturated rings. The molecule has 2 aromatic rings. The summed E-state index contributed by atoms with van der Waals surface area (Å²) in [6.45, 7) is 4.49. The molecule has 3 rings (SSSR count). The van der Waals surface area contributed by atoms with Crippen molar-refractivity contribution in [2.75, 3.05) is 0 Å². The maximum absolute atomic E-state index is 13.2. The lowest BCUT2D eigenvalue weighted by molar-refractivity contribution is 0.282. The molecule has 1 aliphatic carbocycles. The van der Waals surface area contributed by atoms with Gasteiger partial charge in [0.25, 0.3) is 0 Å². The number of nitrogens with zero attached hydrogens (tertiary/aromatic N) is 1. The summed E-state index contributed by atoms with van der Waals surface area (Å²) in [6.07, 6.45) is 2.01. The van der Waals surface area contributed by atoms with Gasteiger partial charge in [0.1, 0.15) is 10.8 Å². The van der Waals surface area contributed by atoms with Crippen LogP contribution >= 0.6 is 23.1 Å². The second kappa shape index (κ2) is 5.71. The minimum atomic E-state index is -0.192. The number of thiazole rings is 1. The molecule has 1 unspecified atom stereocenters. The summed E-state index contributed by atoms with van der Waals surface area (Å²) in [4.78, 5) is 6.94. The molecule has 1 atom stereocenters. The van der Waals surface area contributed by atoms with Crippen LogP contribution in [0.15, 0.2) is 29.2 Å². The van der Waals surface area contributed by atoms with E-state index in [1.807, 2.05) is 6.07 Å². The highest BCUT2D eigenvalue weighted by molar-refractivity contribution is 7.98. The van der Waals surface area contributed by atoms with Crippen LogP contribution in [0.2, 0.25) is 0 Å². The molecule has 1 aromatic heterocycles. The van der Waals surface area contributed by atoms with Gasteiger partial charge < -0.3 is 5.73 Å². The van der Waals surface area contributed by atoms with Gasteiger partial charge in [0.15, 0.2) is 0 Å². The number of benzene rings is 1. The lowest BCUT2D eigenvalue weighted by Gasteiger charge is -2.32. The van der Waals surface area contributed by atoms with Crippen LogP contribution in [-0.4, -0.2) is 4.98 Å². The van der Waals surface area contributed by atoms with E-state index in [0.29, 0.717) is 0 Å². The van der Waals surface area contributed by atoms with E-state index < -0.39 is 0 Å². The minimum Gasteiger partial charge on any atom is -0.323 e. The number of hydrogen-bond donors (Lipinski definition) is 1. The van der Waals surface area contributed by atoms with Gasteiger partial charge >= 0.3 is 0 Å². The molecule has 0 bridgehead atoms. The van der Waals surface area contributed by atoms with Crippen LogP contribution in [0.4, 0.5) is 4.39 Å². The topological polar surface area (TPSA) is 38.9 Å². The average molecular weight is 322 g/mol. The van der Waals surface area contributed by atoms with Crippen LogP contribution in [0.25, 0.3) is 0 Å². The molecule has 0 aliphatic heterocycles. The Kier molecular flexibility index (Phi) is 4.08. The zero-order valence-electron chi connectivity index (χ0n) is 12.2. The van der Waals surface area contributed by atoms with Gasteiger partial charge in [0, 0.05) is 15.8 Å². The van der Waals surface area contributed by atoms with Crippen LogP contribution in [0.3, 0.4) is 0 Å². The molecule has 1 aromatic carbocycles. The molecule has 1 heterocycles. The van der Waals surface area contributed by atoms with E-state index in [2.05, 4.69) is 13.8 Å². The summed E-state index contributed by atoms with van der Waals surface area (Å²) in [5, 5.41) is 1.09. The van der Waals surface area contributed by atoms with Gasteiger partial charge in [-0.3, -0.25) is 0 Å². The first-order chi connectivity index (χ1) is 9.93. The van der Waals surface area contributed by atoms with E-state index in [0.717, 1.165) is 28.5 Å². The number of nitrogens with two attached hydrogens (primary N) is 1. The first-order valence-corrected chi connectivity index (χ1v) is 8.86. The molecule has 21 heavy (non-hydrogen) atoms. The molecule has 1 aliphatic rings. The first kappa shape index (κ1) is 15.0. The molecule has 0 spiro atoms. The molecule has 112 valence electrons. The summed E-state index contributed by atoms with van der Waals surface area (Å²) in [5.41, 5.74) is 7.67. The molecular formula is C16H19FN2S2. The second-order valence-electron chi connectivity index (χ2n) is 6.32. The third kappa shape index (κ3) is 3.47. The fourth-order valence-electron chi connectivity index (χ4n) is 2.81. The lowest BCUT2D eigenvalue weighted by atomic mass is 9.77. The number of fused-ring (bicyclic) bond motifs is 1. The fraction of sp³-hybridized carbons (Fsp3) is 0.438. The molecule has 0 amide bonds. The molecule has 5 heteroatoms. The largest absolute Gasteiger partial charge is 0.323 e. The third-order valence-corrected chi connectivity index (χ3v) is 6.10. The Labute approximate surface area is 133 Å². The number of thioether (sulfide) groups is 1. The van der Waals surface area contributed by atoms with Crippen LogP contribution in [0.5, 0.6) is 0 Å². The van der Waals surface area contributed by atoms with Crippen molar-refractivity contribution in [3.63, 3.8) is 0 Å². The average Bonchev–Trinajstić information content (AvgIpc) is 2.78. The number of aromatic nitrogens is 1. The smallest absolute Gasteiger partial charge is 0.124 e. The standard InChI is InChI=1S/C16H19FN2S2/c1-16(2)7-12(18)15-13(8-16)19-14(21-15)9-20-11-5-3-4-10(17)6-11/h3-6,12H,7-9,18H2,1-2H3. The Morgan fingerprint density at radius 1 is 1.48 bits per heavy atom. The van der Waals surface area contributed by atoms with Gasteiger partial charge in [-0.25, -0.2) is 9.37 Å². The Balaban J connectivity index is 1.73. The van der Waals surface area contributed by atoms with Crippen LogP contribution in [0, 0.1) is 11.2 Å². The van der Waals surface area contributed by atoms with E-state index in [4.69, 9.17) is 10.7 Å². The van der Waals surface area contributed by atoms with Crippen molar-refractivity contribution >= 4 is 23.1 Å². The van der Waals surface area contributed by atoms with Crippen molar-refractivity contribution in [3.05, 3.63) is 45.7 Å². The fourth-order valence-corrected chi connectivity index (χ4v) is 4.83. The molecular weight excluding hydrogens is 303 g/mol. The van der Waals surface area contributed by atoms with Crippen molar-refractivity contribution < 1.29 is 4.39 Å². The van der Waals surface area contributed by atoms with E-state index >= 15 is 0 Å². The minimum absolute atomic E-state index is 0.106. The second-order valence-corrected chi connectivity index (χ2v) is 8.48. The highest BCUT2D eigenvalue weighted by Gasteiger charge is 2.33. The molecule has 0 radical (unpaired) electrons. The maximum Gasteiger partial charge on any atom is 0.124 e. The summed E-state index contributed by atoms with van der Waals surface area (Å²) in [6, 6.07) is 6.80. The highest BCUT2D eigenvalue weighted by Crippen LogP contribution is 2.42. The van der Waals surface area contributed by atoms with Gasteiger partial charge in [-0.05, 0) is 36.5 Å². The summed E-state index contributed by atoms with van der Waals surface area (Å²) >= 11 is 3.34. The summed E-state index contributed by atoms with van der Waals surface area (Å²) in [5.74, 6) is 0.580. The highest BCUT2D eigenvalue weighted by atomic mass is 32.2. The van der Waals surface area contributed by atoms with Gasteiger partial charge in [-0.2, -0.15) is 0 Å². The SMILES string of the molecule is CC1(C)Cc2nc(CSc3cccc(F)c3)sc2C(N)C1. The van der Waals surface area contributed by atoms with Gasteiger partial charge in [0.05, 0.1) is 11.4 Å². The predicted octanol–water partition coefficient (Wildman–Crippen LogP) is 4.55. The van der Waals surface area contributed by atoms with Gasteiger partial charge in [-0.15, -0.1) is 23.1 Å². The Bertz CT molecular complexity index is 651. The normalized spacial score (nSPS) is 20.3. The van der Waals surface area contributed by atoms with Crippen LogP contribution < -0.4 is 5.73 Å². The molecule has 0 saturated heterocycles. The van der Waals surface area contributed by atoms with Crippen molar-refractivity contribution in [2.24, 2.45) is 11.1 Å². The van der Waals surface area contributed by atoms with Crippen LogP contribution in [-0.2, 0) is 12.2 Å². The monoisotopic (exact) mass is 322 g/mol. The lowest BCUT2D eigenvalue weighted by Crippen LogP contribution is -2.28. The Hall–Kier alpha value is -0.910. The summed E-state index contributed by atoms with van der Waals surface area (Å²) in [7, 11) is 0. The van der Waals surface area contributed by atoms with Crippen LogP contribution in [0.1, 0.15) is 41.9 Å². The Morgan fingerprint density at radius 3 is 3.05 bits per heavy atom. The first-order valence-electron chi connectivity index (χ1n) is 7.05. The molecule has 0 saturated carbocycles. The number of halogens is 1. The van der Waals surface area contributed by atoms with Gasteiger partial charge in [0.2, 0.25) is 0 Å². The maximum atomic E-state index is 13.2. The predicted molar refractivity (Wildman–Crippen MR) is 87.1 cm³/mol. The van der Waals surface area contributed by atoms with Crippen molar-refractivity contribution in [3.8, 4) is 0 Å². The Morgan fingerprint density at radius 2 is 2.29 bits per heavy atom.